The number of esters is 4. The van der Waals surface area contributed by atoms with Crippen LogP contribution in [0.2, 0.25) is 0 Å². The number of aromatic nitrogens is 4. The highest BCUT2D eigenvalue weighted by atomic mass is 16.5. The number of ether oxygens (including phenoxy) is 4. The van der Waals surface area contributed by atoms with Gasteiger partial charge in [-0.15, -0.1) is 0 Å². The van der Waals surface area contributed by atoms with Gasteiger partial charge in [-0.1, -0.05) is 19.1 Å². The summed E-state index contributed by atoms with van der Waals surface area (Å²) >= 11 is 0. The molecule has 0 radical (unpaired) electrons. The molecule has 0 fully saturated rings. The summed E-state index contributed by atoms with van der Waals surface area (Å²) in [6.45, 7) is 10.0. The van der Waals surface area contributed by atoms with Gasteiger partial charge < -0.3 is 28.9 Å². The summed E-state index contributed by atoms with van der Waals surface area (Å²) in [5, 5.41) is 0. The van der Waals surface area contributed by atoms with Gasteiger partial charge in [-0.3, -0.25) is 19.4 Å². The van der Waals surface area contributed by atoms with Crippen molar-refractivity contribution in [2.75, 3.05) is 28.4 Å². The normalized spacial score (nSPS) is 17.7. The second kappa shape index (κ2) is 14.9. The predicted molar refractivity (Wildman–Crippen MR) is 205 cm³/mol. The highest BCUT2D eigenvalue weighted by Gasteiger charge is 2.53. The van der Waals surface area contributed by atoms with Gasteiger partial charge in [0, 0.05) is 34.9 Å². The first kappa shape index (κ1) is 38.0. The molecule has 0 saturated heterocycles. The quantitative estimate of drug-likeness (QED) is 0.178. The lowest BCUT2D eigenvalue weighted by molar-refractivity contribution is -0.149. The Morgan fingerprint density at radius 2 is 1.30 bits per heavy atom. The van der Waals surface area contributed by atoms with Crippen LogP contribution in [-0.4, -0.2) is 72.3 Å². The van der Waals surface area contributed by atoms with E-state index in [0.717, 1.165) is 66.7 Å². The van der Waals surface area contributed by atoms with E-state index >= 15 is 0 Å². The maximum Gasteiger partial charge on any atom is 0.334 e. The van der Waals surface area contributed by atoms with Crippen molar-refractivity contribution in [3.05, 3.63) is 87.0 Å². The van der Waals surface area contributed by atoms with Crippen molar-refractivity contribution in [2.45, 2.75) is 72.1 Å². The smallest absolute Gasteiger partial charge is 0.334 e. The minimum atomic E-state index is -1.12. The van der Waals surface area contributed by atoms with E-state index < -0.39 is 23.3 Å². The maximum absolute atomic E-state index is 13.7. The Balaban J connectivity index is 1.76. The van der Waals surface area contributed by atoms with Crippen molar-refractivity contribution >= 4 is 62.7 Å². The van der Waals surface area contributed by atoms with Crippen molar-refractivity contribution < 1.29 is 38.1 Å². The molecule has 0 amide bonds. The van der Waals surface area contributed by atoms with E-state index in [0.29, 0.717) is 36.3 Å². The zero-order chi connectivity index (χ0) is 39.1. The van der Waals surface area contributed by atoms with Crippen LogP contribution >= 0.6 is 0 Å². The number of hydrogen-bond donors (Lipinski definition) is 2. The second-order valence-electron chi connectivity index (χ2n) is 13.9. The molecule has 3 aromatic heterocycles. The van der Waals surface area contributed by atoms with Crippen LogP contribution in [0.5, 0.6) is 0 Å². The molecule has 0 aromatic carbocycles. The Morgan fingerprint density at radius 1 is 0.704 bits per heavy atom. The van der Waals surface area contributed by atoms with E-state index in [1.807, 2.05) is 51.1 Å². The topological polar surface area (TPSA) is 163 Å². The maximum atomic E-state index is 13.7. The van der Waals surface area contributed by atoms with Crippen LogP contribution in [-0.2, 0) is 56.4 Å². The first-order valence-corrected chi connectivity index (χ1v) is 18.0. The van der Waals surface area contributed by atoms with Crippen LogP contribution in [0.4, 0.5) is 0 Å². The standard InChI is InChI=1S/C42H46N4O8/c1-10-24-21(2)29-17-30-22(3)25(12-15-37(47)51-6)32(43-30)19-33-26(13-16-38(48)52-7)23(4)31(44-33)18-35-28-14-11-27(40(49)53-8)39(41(50)54-9)42(28,5)36(46-35)20-34(24)45-29/h11,14,17-20,39,44-45H,10,12-13,15-16H2,1-9H3/t39-,42+/m0/s1. The molecule has 0 unspecified atom stereocenters. The molecule has 6 rings (SSSR count). The van der Waals surface area contributed by atoms with E-state index in [4.69, 9.17) is 28.9 Å². The molecule has 12 heteroatoms. The number of H-pyrrole nitrogens is 2. The Labute approximate surface area is 313 Å². The van der Waals surface area contributed by atoms with Gasteiger partial charge in [0.25, 0.3) is 0 Å². The number of allylic oxidation sites excluding steroid dienone is 5. The van der Waals surface area contributed by atoms with Crippen LogP contribution in [0.25, 0.3) is 38.8 Å². The molecule has 0 spiro atoms. The third-order valence-corrected chi connectivity index (χ3v) is 11.2. The van der Waals surface area contributed by atoms with Gasteiger partial charge in [-0.05, 0) is 110 Å². The van der Waals surface area contributed by atoms with Gasteiger partial charge in [0.2, 0.25) is 0 Å². The van der Waals surface area contributed by atoms with E-state index in [1.165, 1.54) is 28.4 Å². The number of rotatable bonds is 9. The SMILES string of the molecule is CCc1c(C)c2cc3nc(cc4[nH]c(cc5nc(cc1[nH]2)[C@@]1(C)C5=CC=C(C(=O)OC)[C@H]1C(=O)OC)c(C)c4CCC(=O)OC)C(CCC(=O)OC)=C3C. The van der Waals surface area contributed by atoms with Crippen molar-refractivity contribution in [1.29, 1.82) is 0 Å². The Morgan fingerprint density at radius 3 is 1.91 bits per heavy atom. The summed E-state index contributed by atoms with van der Waals surface area (Å²) in [5.41, 5.74) is 11.3. The third kappa shape index (κ3) is 6.43. The lowest BCUT2D eigenvalue weighted by atomic mass is 9.64. The molecule has 2 atom stereocenters. The molecule has 282 valence electrons. The number of aryl methyl sites for hydroxylation is 4. The van der Waals surface area contributed by atoms with Gasteiger partial charge in [0.15, 0.2) is 0 Å². The van der Waals surface area contributed by atoms with Gasteiger partial charge >= 0.3 is 23.9 Å². The minimum Gasteiger partial charge on any atom is -0.469 e. The number of fused-ring (bicyclic) bond motifs is 11. The minimum absolute atomic E-state index is 0.157. The molecule has 2 N–H and O–H groups in total. The zero-order valence-electron chi connectivity index (χ0n) is 32.2. The fraction of sp³-hybridized carbons (Fsp3) is 0.381. The van der Waals surface area contributed by atoms with E-state index in [-0.39, 0.29) is 30.4 Å². The van der Waals surface area contributed by atoms with Crippen LogP contribution in [0.15, 0.2) is 42.0 Å². The number of carbonyl (C=O) groups excluding carboxylic acids is 4. The second-order valence-corrected chi connectivity index (χ2v) is 13.9. The summed E-state index contributed by atoms with van der Waals surface area (Å²) < 4.78 is 20.4. The van der Waals surface area contributed by atoms with Gasteiger partial charge in [-0.2, -0.15) is 0 Å². The number of aromatic amines is 2. The fourth-order valence-electron chi connectivity index (χ4n) is 8.01. The average Bonchev–Trinajstić information content (AvgIpc) is 3.82. The van der Waals surface area contributed by atoms with Gasteiger partial charge in [-0.25, -0.2) is 9.78 Å². The van der Waals surface area contributed by atoms with Crippen molar-refractivity contribution in [3.63, 3.8) is 0 Å². The summed E-state index contributed by atoms with van der Waals surface area (Å²) in [5.74, 6) is -2.92. The molecule has 1 aliphatic carbocycles. The van der Waals surface area contributed by atoms with Crippen molar-refractivity contribution in [1.82, 2.24) is 19.9 Å². The third-order valence-electron chi connectivity index (χ3n) is 11.2. The number of hydrogen-bond acceptors (Lipinski definition) is 10. The van der Waals surface area contributed by atoms with Crippen LogP contribution in [0, 0.1) is 19.8 Å². The summed E-state index contributed by atoms with van der Waals surface area (Å²) in [4.78, 5) is 69.1. The average molecular weight is 735 g/mol. The summed E-state index contributed by atoms with van der Waals surface area (Å²) in [6, 6.07) is 7.87. The number of nitrogens with one attached hydrogen (secondary N) is 2. The largest absolute Gasteiger partial charge is 0.469 e. The number of methoxy groups -OCH3 is 4. The lowest BCUT2D eigenvalue weighted by Crippen LogP contribution is -2.42. The first-order valence-electron chi connectivity index (χ1n) is 18.0. The molecule has 3 aliphatic rings. The Bertz CT molecular complexity index is 2360. The lowest BCUT2D eigenvalue weighted by Gasteiger charge is -2.36. The number of carbonyl (C=O) groups is 4. The molecule has 12 nitrogen and oxygen atoms in total. The highest BCUT2D eigenvalue weighted by Crippen LogP contribution is 2.52. The number of nitrogens with zero attached hydrogens (tertiary/aromatic N) is 2. The van der Waals surface area contributed by atoms with Crippen LogP contribution in [0.3, 0.4) is 0 Å². The first-order chi connectivity index (χ1) is 25.8. The Kier molecular flexibility index (Phi) is 10.5. The summed E-state index contributed by atoms with van der Waals surface area (Å²) in [7, 11) is 5.34. The zero-order valence-corrected chi connectivity index (χ0v) is 32.2. The van der Waals surface area contributed by atoms with Crippen LogP contribution in [0.1, 0.15) is 85.1 Å². The monoisotopic (exact) mass is 734 g/mol. The van der Waals surface area contributed by atoms with E-state index in [9.17, 15) is 19.2 Å². The fourth-order valence-corrected chi connectivity index (χ4v) is 8.01. The van der Waals surface area contributed by atoms with Crippen molar-refractivity contribution in [2.24, 2.45) is 5.92 Å². The van der Waals surface area contributed by atoms with E-state index in [2.05, 4.69) is 23.8 Å². The predicted octanol–water partition coefficient (Wildman–Crippen LogP) is 6.73. The highest BCUT2D eigenvalue weighted by molar-refractivity contribution is 6.02. The molecule has 2 aliphatic heterocycles. The molecule has 8 bridgehead atoms. The van der Waals surface area contributed by atoms with Crippen molar-refractivity contribution in [3.8, 4) is 0 Å². The molecular formula is C42H46N4O8. The molecule has 54 heavy (non-hydrogen) atoms. The molecule has 3 aromatic rings. The molecular weight excluding hydrogens is 688 g/mol. The van der Waals surface area contributed by atoms with Gasteiger partial charge in [0.05, 0.1) is 62.2 Å². The Hall–Kier alpha value is -5.78. The molecule has 0 saturated carbocycles. The van der Waals surface area contributed by atoms with E-state index in [1.54, 1.807) is 6.08 Å². The van der Waals surface area contributed by atoms with Gasteiger partial charge in [0.1, 0.15) is 5.92 Å². The van der Waals surface area contributed by atoms with Crippen LogP contribution < -0.4 is 0 Å². The summed E-state index contributed by atoms with van der Waals surface area (Å²) in [6.07, 6.45) is 5.31. The molecule has 5 heterocycles.